The SMILES string of the molecule is CC(C)[C@H](N)C(=O)N[C@@H](CC(N)=O)C(=O)N[C@@H](Cc1cnc[nH]1)C(=O)O. The van der Waals surface area contributed by atoms with Crippen LogP contribution in [0.5, 0.6) is 0 Å². The van der Waals surface area contributed by atoms with Gasteiger partial charge in [-0.3, -0.25) is 14.4 Å². The molecule has 1 heterocycles. The first kappa shape index (κ1) is 21.1. The number of aliphatic carboxylic acids is 1. The largest absolute Gasteiger partial charge is 0.480 e. The summed E-state index contributed by atoms with van der Waals surface area (Å²) >= 11 is 0. The van der Waals surface area contributed by atoms with Crippen molar-refractivity contribution >= 4 is 23.7 Å². The smallest absolute Gasteiger partial charge is 0.326 e. The molecule has 144 valence electrons. The lowest BCUT2D eigenvalue weighted by molar-refractivity contribution is -0.142. The van der Waals surface area contributed by atoms with Gasteiger partial charge in [-0.1, -0.05) is 13.8 Å². The molecule has 0 fully saturated rings. The third kappa shape index (κ3) is 6.51. The maximum atomic E-state index is 12.4. The molecular weight excluding hydrogens is 344 g/mol. The molecule has 0 spiro atoms. The van der Waals surface area contributed by atoms with Crippen molar-refractivity contribution < 1.29 is 24.3 Å². The summed E-state index contributed by atoms with van der Waals surface area (Å²) < 4.78 is 0. The number of nitrogens with two attached hydrogens (primary N) is 2. The molecule has 0 saturated heterocycles. The second-order valence-electron chi connectivity index (χ2n) is 6.18. The van der Waals surface area contributed by atoms with Gasteiger partial charge in [0.15, 0.2) is 0 Å². The maximum absolute atomic E-state index is 12.4. The zero-order chi connectivity index (χ0) is 19.9. The number of imidazole rings is 1. The van der Waals surface area contributed by atoms with Crippen molar-refractivity contribution in [2.45, 2.75) is 44.8 Å². The number of carboxylic acid groups (broad SMARTS) is 1. The Hall–Kier alpha value is -2.95. The molecule has 0 saturated carbocycles. The number of rotatable bonds is 10. The number of hydrogen-bond acceptors (Lipinski definition) is 6. The van der Waals surface area contributed by atoms with Crippen molar-refractivity contribution in [2.24, 2.45) is 17.4 Å². The number of aromatic amines is 1. The molecule has 0 aliphatic heterocycles. The van der Waals surface area contributed by atoms with E-state index in [-0.39, 0.29) is 12.3 Å². The van der Waals surface area contributed by atoms with Crippen LogP contribution < -0.4 is 22.1 Å². The first-order valence-corrected chi connectivity index (χ1v) is 7.96. The van der Waals surface area contributed by atoms with E-state index in [0.29, 0.717) is 5.69 Å². The molecule has 3 atom stereocenters. The topological polar surface area (TPSA) is 193 Å². The maximum Gasteiger partial charge on any atom is 0.326 e. The molecule has 0 aromatic carbocycles. The van der Waals surface area contributed by atoms with Gasteiger partial charge in [0.1, 0.15) is 12.1 Å². The van der Waals surface area contributed by atoms with Gasteiger partial charge in [0, 0.05) is 18.3 Å². The Labute approximate surface area is 149 Å². The number of nitrogens with one attached hydrogen (secondary N) is 3. The first-order valence-electron chi connectivity index (χ1n) is 7.96. The Kier molecular flexibility index (Phi) is 7.72. The predicted molar refractivity (Wildman–Crippen MR) is 90.4 cm³/mol. The monoisotopic (exact) mass is 368 g/mol. The predicted octanol–water partition coefficient (Wildman–Crippen LogP) is -2.13. The minimum atomic E-state index is -1.33. The number of amides is 3. The fourth-order valence-corrected chi connectivity index (χ4v) is 2.07. The van der Waals surface area contributed by atoms with Crippen LogP contribution in [0.4, 0.5) is 0 Å². The molecule has 3 amide bonds. The molecule has 1 aromatic rings. The van der Waals surface area contributed by atoms with E-state index in [4.69, 9.17) is 11.5 Å². The van der Waals surface area contributed by atoms with E-state index in [0.717, 1.165) is 0 Å². The van der Waals surface area contributed by atoms with Gasteiger partial charge in [-0.15, -0.1) is 0 Å². The summed E-state index contributed by atoms with van der Waals surface area (Å²) in [5.41, 5.74) is 11.3. The van der Waals surface area contributed by atoms with Gasteiger partial charge < -0.3 is 32.2 Å². The Morgan fingerprint density at radius 1 is 1.19 bits per heavy atom. The van der Waals surface area contributed by atoms with E-state index in [1.165, 1.54) is 12.5 Å². The minimum Gasteiger partial charge on any atom is -0.480 e. The molecule has 0 aliphatic rings. The van der Waals surface area contributed by atoms with Crippen molar-refractivity contribution in [1.82, 2.24) is 20.6 Å². The van der Waals surface area contributed by atoms with Crippen molar-refractivity contribution in [3.8, 4) is 0 Å². The average molecular weight is 368 g/mol. The zero-order valence-corrected chi connectivity index (χ0v) is 14.6. The van der Waals surface area contributed by atoms with Crippen molar-refractivity contribution in [2.75, 3.05) is 0 Å². The summed E-state index contributed by atoms with van der Waals surface area (Å²) in [6.07, 6.45) is 2.26. The zero-order valence-electron chi connectivity index (χ0n) is 14.6. The van der Waals surface area contributed by atoms with Crippen LogP contribution in [0.3, 0.4) is 0 Å². The second kappa shape index (κ2) is 9.51. The Morgan fingerprint density at radius 3 is 2.27 bits per heavy atom. The highest BCUT2D eigenvalue weighted by molar-refractivity contribution is 5.94. The summed E-state index contributed by atoms with van der Waals surface area (Å²) in [5, 5.41) is 13.9. The average Bonchev–Trinajstić information content (AvgIpc) is 3.04. The summed E-state index contributed by atoms with van der Waals surface area (Å²) in [6.45, 7) is 3.44. The highest BCUT2D eigenvalue weighted by Crippen LogP contribution is 2.03. The van der Waals surface area contributed by atoms with E-state index < -0.39 is 48.2 Å². The van der Waals surface area contributed by atoms with E-state index in [1.54, 1.807) is 13.8 Å². The van der Waals surface area contributed by atoms with Crippen LogP contribution in [0.2, 0.25) is 0 Å². The fourth-order valence-electron chi connectivity index (χ4n) is 2.07. The van der Waals surface area contributed by atoms with Gasteiger partial charge in [0.25, 0.3) is 0 Å². The van der Waals surface area contributed by atoms with Crippen molar-refractivity contribution in [1.29, 1.82) is 0 Å². The number of carbonyl (C=O) groups is 4. The van der Waals surface area contributed by atoms with E-state index in [1.807, 2.05) is 0 Å². The van der Waals surface area contributed by atoms with Crippen LogP contribution >= 0.6 is 0 Å². The minimum absolute atomic E-state index is 0.0518. The number of H-pyrrole nitrogens is 1. The molecule has 11 nitrogen and oxygen atoms in total. The molecule has 11 heteroatoms. The standard InChI is InChI=1S/C15H24N6O5/c1-7(2)12(17)14(24)20-9(4-11(16)22)13(23)21-10(15(25)26)3-8-5-18-6-19-8/h5-7,9-10,12H,3-4,17H2,1-2H3,(H2,16,22)(H,18,19)(H,20,24)(H,21,23)(H,25,26)/t9-,10-,12-/m0/s1. The van der Waals surface area contributed by atoms with Gasteiger partial charge in [-0.05, 0) is 5.92 Å². The molecule has 0 unspecified atom stereocenters. The third-order valence-electron chi connectivity index (χ3n) is 3.65. The van der Waals surface area contributed by atoms with Gasteiger partial charge in [-0.25, -0.2) is 9.78 Å². The number of hydrogen-bond donors (Lipinski definition) is 6. The van der Waals surface area contributed by atoms with Crippen LogP contribution in [-0.2, 0) is 25.6 Å². The summed E-state index contributed by atoms with van der Waals surface area (Å²) in [5.74, 6) is -3.79. The lowest BCUT2D eigenvalue weighted by Gasteiger charge is -2.23. The molecule has 0 aliphatic carbocycles. The molecular formula is C15H24N6O5. The van der Waals surface area contributed by atoms with E-state index in [2.05, 4.69) is 20.6 Å². The highest BCUT2D eigenvalue weighted by Gasteiger charge is 2.30. The van der Waals surface area contributed by atoms with Crippen LogP contribution in [-0.4, -0.2) is 56.9 Å². The number of aromatic nitrogens is 2. The fraction of sp³-hybridized carbons (Fsp3) is 0.533. The van der Waals surface area contributed by atoms with E-state index in [9.17, 15) is 24.3 Å². The Morgan fingerprint density at radius 2 is 1.81 bits per heavy atom. The van der Waals surface area contributed by atoms with Gasteiger partial charge >= 0.3 is 5.97 Å². The summed E-state index contributed by atoms with van der Waals surface area (Å²) in [7, 11) is 0. The summed E-state index contributed by atoms with van der Waals surface area (Å²) in [6, 6.07) is -3.50. The lowest BCUT2D eigenvalue weighted by atomic mass is 10.0. The number of carbonyl (C=O) groups excluding carboxylic acids is 3. The van der Waals surface area contributed by atoms with Gasteiger partial charge in [-0.2, -0.15) is 0 Å². The Bertz CT molecular complexity index is 645. The number of primary amides is 1. The molecule has 8 N–H and O–H groups in total. The molecule has 0 radical (unpaired) electrons. The van der Waals surface area contributed by atoms with Crippen molar-refractivity contribution in [3.63, 3.8) is 0 Å². The molecule has 1 aromatic heterocycles. The second-order valence-corrected chi connectivity index (χ2v) is 6.18. The van der Waals surface area contributed by atoms with Crippen LogP contribution in [0, 0.1) is 5.92 Å². The first-order chi connectivity index (χ1) is 12.1. The third-order valence-corrected chi connectivity index (χ3v) is 3.65. The normalized spacial score (nSPS) is 14.3. The molecule has 0 bridgehead atoms. The van der Waals surface area contributed by atoms with Gasteiger partial charge in [0.05, 0.1) is 18.8 Å². The summed E-state index contributed by atoms with van der Waals surface area (Å²) in [4.78, 5) is 53.5. The highest BCUT2D eigenvalue weighted by atomic mass is 16.4. The number of nitrogens with zero attached hydrogens (tertiary/aromatic N) is 1. The molecule has 26 heavy (non-hydrogen) atoms. The number of carboxylic acids is 1. The van der Waals surface area contributed by atoms with E-state index >= 15 is 0 Å². The Balaban J connectivity index is 2.84. The van der Waals surface area contributed by atoms with Crippen LogP contribution in [0.15, 0.2) is 12.5 Å². The van der Waals surface area contributed by atoms with Crippen LogP contribution in [0.25, 0.3) is 0 Å². The molecule has 1 rings (SSSR count). The quantitative estimate of drug-likeness (QED) is 0.271. The van der Waals surface area contributed by atoms with Gasteiger partial charge in [0.2, 0.25) is 17.7 Å². The van der Waals surface area contributed by atoms with Crippen LogP contribution in [0.1, 0.15) is 26.0 Å². The lowest BCUT2D eigenvalue weighted by Crippen LogP contribution is -2.56. The van der Waals surface area contributed by atoms with Crippen molar-refractivity contribution in [3.05, 3.63) is 18.2 Å².